The van der Waals surface area contributed by atoms with Gasteiger partial charge in [-0.3, -0.25) is 4.79 Å². The summed E-state index contributed by atoms with van der Waals surface area (Å²) < 4.78 is 0. The Hall–Kier alpha value is -2.27. The number of fused-ring (bicyclic) bond motifs is 1. The topological polar surface area (TPSA) is 64.8 Å². The fraction of sp³-hybridized carbons (Fsp3) is 0.0625. The van der Waals surface area contributed by atoms with E-state index in [4.69, 9.17) is 5.21 Å². The lowest BCUT2D eigenvalue weighted by Gasteiger charge is -2.11. The molecule has 1 aliphatic carbocycles. The average molecular weight is 267 g/mol. The van der Waals surface area contributed by atoms with Crippen molar-refractivity contribution < 1.29 is 15.2 Å². The molecule has 0 amide bonds. The van der Waals surface area contributed by atoms with Crippen molar-refractivity contribution >= 4 is 17.5 Å². The highest BCUT2D eigenvalue weighted by Gasteiger charge is 2.23. The van der Waals surface area contributed by atoms with Gasteiger partial charge in [0.15, 0.2) is 11.5 Å². The Kier molecular flexibility index (Phi) is 3.20. The molecule has 3 rings (SSSR count). The molecule has 2 N–H and O–H groups in total. The molecule has 0 spiro atoms. The van der Waals surface area contributed by atoms with E-state index < -0.39 is 5.23 Å². The van der Waals surface area contributed by atoms with E-state index in [1.165, 1.54) is 6.07 Å². The van der Waals surface area contributed by atoms with Crippen molar-refractivity contribution in [3.05, 3.63) is 76.0 Å². The van der Waals surface area contributed by atoms with E-state index in [0.29, 0.717) is 12.0 Å². The maximum absolute atomic E-state index is 12.2. The maximum Gasteiger partial charge on any atom is 0.189 e. The lowest BCUT2D eigenvalue weighted by atomic mass is 10.1. The lowest BCUT2D eigenvalue weighted by Crippen LogP contribution is -2.99. The highest BCUT2D eigenvalue weighted by atomic mass is 16.8. The summed E-state index contributed by atoms with van der Waals surface area (Å²) >= 11 is 0. The monoisotopic (exact) mass is 267 g/mol. The average Bonchev–Trinajstić information content (AvgIpc) is 2.76. The van der Waals surface area contributed by atoms with E-state index in [2.05, 4.69) is 0 Å². The molecule has 1 aliphatic rings. The Balaban J connectivity index is 1.95. The first-order valence-electron chi connectivity index (χ1n) is 6.32. The quantitative estimate of drug-likeness (QED) is 0.645. The van der Waals surface area contributed by atoms with E-state index in [-0.39, 0.29) is 11.5 Å². The van der Waals surface area contributed by atoms with Crippen molar-refractivity contribution in [2.75, 3.05) is 0 Å². The number of rotatable bonds is 2. The van der Waals surface area contributed by atoms with Crippen LogP contribution in [0.2, 0.25) is 0 Å². The lowest BCUT2D eigenvalue weighted by molar-refractivity contribution is -0.991. The van der Waals surface area contributed by atoms with Crippen molar-refractivity contribution in [2.24, 2.45) is 0 Å². The van der Waals surface area contributed by atoms with E-state index in [0.717, 1.165) is 16.7 Å². The Bertz CT molecular complexity index is 704. The van der Waals surface area contributed by atoms with Gasteiger partial charge in [0.25, 0.3) is 0 Å². The third kappa shape index (κ3) is 2.28. The zero-order valence-corrected chi connectivity index (χ0v) is 10.7. The molecular weight excluding hydrogens is 254 g/mol. The van der Waals surface area contributed by atoms with E-state index >= 15 is 0 Å². The smallest absolute Gasteiger partial charge is 0.189 e. The molecule has 0 bridgehead atoms. The van der Waals surface area contributed by atoms with Crippen molar-refractivity contribution in [1.29, 1.82) is 0 Å². The first-order chi connectivity index (χ1) is 9.65. The number of carbonyl (C=O) groups is 1. The molecule has 100 valence electrons. The van der Waals surface area contributed by atoms with Gasteiger partial charge in [-0.15, -0.1) is 0 Å². The number of benzene rings is 2. The molecule has 0 heterocycles. The first kappa shape index (κ1) is 12.7. The minimum atomic E-state index is -0.966. The molecule has 0 aromatic heterocycles. The second-order valence-electron chi connectivity index (χ2n) is 4.76. The van der Waals surface area contributed by atoms with Gasteiger partial charge in [0.05, 0.1) is 0 Å². The van der Waals surface area contributed by atoms with Gasteiger partial charge < -0.3 is 5.21 Å². The number of Topliss-reactive ketones (excluding diaryl/α,β-unsaturated/α-hetero) is 1. The predicted molar refractivity (Wildman–Crippen MR) is 74.7 cm³/mol. The minimum Gasteiger partial charge on any atom is -0.595 e. The summed E-state index contributed by atoms with van der Waals surface area (Å²) in [5, 5.41) is 19.0. The summed E-state index contributed by atoms with van der Waals surface area (Å²) in [6.45, 7) is 0. The van der Waals surface area contributed by atoms with Crippen LogP contribution in [-0.4, -0.2) is 11.0 Å². The highest BCUT2D eigenvalue weighted by molar-refractivity contribution is 6.15. The number of allylic oxidation sites excluding steroid dienone is 1. The maximum atomic E-state index is 12.2. The molecule has 2 aromatic rings. The van der Waals surface area contributed by atoms with Gasteiger partial charge in [-0.05, 0) is 17.2 Å². The van der Waals surface area contributed by atoms with Crippen LogP contribution in [0.25, 0.3) is 6.08 Å². The first-order valence-corrected chi connectivity index (χ1v) is 6.32. The SMILES string of the molecule is O=C1/C(=C/c2cccc([NH+]([O-])O)c2)Cc2ccccc21. The largest absolute Gasteiger partial charge is 0.595 e. The predicted octanol–water partition coefficient (Wildman–Crippen LogP) is 1.91. The van der Waals surface area contributed by atoms with E-state index in [1.54, 1.807) is 24.3 Å². The van der Waals surface area contributed by atoms with Gasteiger partial charge in [-0.1, -0.05) is 36.4 Å². The van der Waals surface area contributed by atoms with Crippen molar-refractivity contribution in [1.82, 2.24) is 0 Å². The second kappa shape index (κ2) is 5.02. The second-order valence-corrected chi connectivity index (χ2v) is 4.76. The van der Waals surface area contributed by atoms with Crippen LogP contribution < -0.4 is 5.23 Å². The van der Waals surface area contributed by atoms with Crippen LogP contribution >= 0.6 is 0 Å². The number of hydrogen-bond acceptors (Lipinski definition) is 3. The van der Waals surface area contributed by atoms with Gasteiger partial charge >= 0.3 is 0 Å². The number of hydrogen-bond donors (Lipinski definition) is 2. The fourth-order valence-corrected chi connectivity index (χ4v) is 2.43. The van der Waals surface area contributed by atoms with Crippen LogP contribution in [0, 0.1) is 5.21 Å². The molecule has 0 aliphatic heterocycles. The molecule has 20 heavy (non-hydrogen) atoms. The number of nitrogens with one attached hydrogen (secondary N) is 1. The van der Waals surface area contributed by atoms with Gasteiger partial charge in [-0.2, -0.15) is 5.23 Å². The summed E-state index contributed by atoms with van der Waals surface area (Å²) in [5.41, 5.74) is 3.43. The summed E-state index contributed by atoms with van der Waals surface area (Å²) in [7, 11) is 0. The molecule has 1 unspecified atom stereocenters. The van der Waals surface area contributed by atoms with E-state index in [9.17, 15) is 10.0 Å². The molecule has 1 atom stereocenters. The van der Waals surface area contributed by atoms with Crippen LogP contribution in [0.4, 0.5) is 5.69 Å². The third-order valence-corrected chi connectivity index (χ3v) is 3.41. The molecule has 0 radical (unpaired) electrons. The Morgan fingerprint density at radius 1 is 1.15 bits per heavy atom. The molecule has 0 saturated carbocycles. The summed E-state index contributed by atoms with van der Waals surface area (Å²) in [6, 6.07) is 14.1. The third-order valence-electron chi connectivity index (χ3n) is 3.41. The fourth-order valence-electron chi connectivity index (χ4n) is 2.43. The van der Waals surface area contributed by atoms with Crippen molar-refractivity contribution in [3.63, 3.8) is 0 Å². The summed E-state index contributed by atoms with van der Waals surface area (Å²) in [5.74, 6) is 0.0290. The van der Waals surface area contributed by atoms with Gasteiger partial charge in [-0.25, -0.2) is 5.21 Å². The van der Waals surface area contributed by atoms with Crippen LogP contribution in [0.3, 0.4) is 0 Å². The molecule has 0 fully saturated rings. The van der Waals surface area contributed by atoms with Gasteiger partial charge in [0.2, 0.25) is 0 Å². The van der Waals surface area contributed by atoms with Crippen molar-refractivity contribution in [3.8, 4) is 0 Å². The van der Waals surface area contributed by atoms with Crippen molar-refractivity contribution in [2.45, 2.75) is 6.42 Å². The Morgan fingerprint density at radius 3 is 2.70 bits per heavy atom. The Labute approximate surface area is 116 Å². The number of quaternary nitrogens is 1. The van der Waals surface area contributed by atoms with Crippen LogP contribution in [0.1, 0.15) is 21.5 Å². The molecule has 0 saturated heterocycles. The van der Waals surface area contributed by atoms with Crippen LogP contribution in [0.5, 0.6) is 0 Å². The molecule has 4 nitrogen and oxygen atoms in total. The summed E-state index contributed by atoms with van der Waals surface area (Å²) in [6.07, 6.45) is 2.38. The zero-order valence-electron chi connectivity index (χ0n) is 10.7. The minimum absolute atomic E-state index is 0.0290. The standard InChI is InChI=1S/C16H13NO3/c18-16-13(10-12-5-1-2-7-15(12)16)8-11-4-3-6-14(9-11)17(19)20/h1-9,17,19H,10H2/b13-8+. The molecular formula is C16H13NO3. The molecule has 2 aromatic carbocycles. The van der Waals surface area contributed by atoms with Gasteiger partial charge in [0, 0.05) is 29.7 Å². The van der Waals surface area contributed by atoms with Crippen LogP contribution in [0.15, 0.2) is 54.1 Å². The summed E-state index contributed by atoms with van der Waals surface area (Å²) in [4.78, 5) is 12.2. The Morgan fingerprint density at radius 2 is 1.95 bits per heavy atom. The van der Waals surface area contributed by atoms with Gasteiger partial charge in [0.1, 0.15) is 0 Å². The number of carbonyl (C=O) groups excluding carboxylic acids is 1. The van der Waals surface area contributed by atoms with E-state index in [1.807, 2.05) is 24.3 Å². The molecule has 4 heteroatoms. The number of ketones is 1. The van der Waals surface area contributed by atoms with Crippen LogP contribution in [-0.2, 0) is 6.42 Å². The highest BCUT2D eigenvalue weighted by Crippen LogP contribution is 2.27. The normalized spacial score (nSPS) is 17.3. The zero-order chi connectivity index (χ0) is 14.1.